The Morgan fingerprint density at radius 1 is 0.892 bits per heavy atom. The van der Waals surface area contributed by atoms with Gasteiger partial charge >= 0.3 is 0 Å². The van der Waals surface area contributed by atoms with Crippen molar-refractivity contribution in [2.24, 2.45) is 40.4 Å². The van der Waals surface area contributed by atoms with E-state index < -0.39 is 5.60 Å². The maximum atomic E-state index is 11.2. The zero-order valence-electron chi connectivity index (χ0n) is 23.7. The van der Waals surface area contributed by atoms with E-state index in [9.17, 15) is 10.2 Å². The third-order valence-electron chi connectivity index (χ3n) is 13.6. The third-order valence-corrected chi connectivity index (χ3v) is 13.6. The molecule has 6 saturated carbocycles. The summed E-state index contributed by atoms with van der Waals surface area (Å²) in [7, 11) is 0. The van der Waals surface area contributed by atoms with Crippen molar-refractivity contribution in [3.63, 3.8) is 0 Å². The van der Waals surface area contributed by atoms with E-state index in [4.69, 9.17) is 11.3 Å². The number of aliphatic hydroxyl groups excluding tert-OH is 1. The van der Waals surface area contributed by atoms with Crippen LogP contribution in [0.15, 0.2) is 12.2 Å². The zero-order chi connectivity index (χ0) is 25.5. The smallest absolute Gasteiger partial charge is 0.0930 e. The highest BCUT2D eigenvalue weighted by molar-refractivity contribution is 5.26. The highest BCUT2D eigenvalue weighted by Crippen LogP contribution is 2.73. The van der Waals surface area contributed by atoms with Gasteiger partial charge in [0.2, 0.25) is 0 Å². The van der Waals surface area contributed by atoms with Gasteiger partial charge in [-0.3, -0.25) is 0 Å². The first-order chi connectivity index (χ1) is 17.7. The molecular weight excluding hydrogens is 456 g/mol. The molecule has 0 aromatic heterocycles. The van der Waals surface area contributed by atoms with Gasteiger partial charge in [-0.2, -0.15) is 0 Å². The quantitative estimate of drug-likeness (QED) is 0.300. The Kier molecular flexibility index (Phi) is 6.27. The molecule has 1 aliphatic heterocycles. The van der Waals surface area contributed by atoms with Crippen molar-refractivity contribution in [2.45, 2.75) is 159 Å². The van der Waals surface area contributed by atoms with Crippen LogP contribution in [-0.2, 0) is 4.74 Å². The predicted molar refractivity (Wildman–Crippen MR) is 148 cm³/mol. The topological polar surface area (TPSA) is 53.0 Å². The summed E-state index contributed by atoms with van der Waals surface area (Å²) in [6.07, 6.45) is 24.9. The van der Waals surface area contributed by atoms with Crippen molar-refractivity contribution in [1.29, 1.82) is 0 Å². The van der Waals surface area contributed by atoms with Crippen molar-refractivity contribution in [1.82, 2.24) is 0 Å². The summed E-state index contributed by atoms with van der Waals surface area (Å²) < 4.78 is 6.80. The molecule has 37 heavy (non-hydrogen) atoms. The van der Waals surface area contributed by atoms with Crippen LogP contribution >= 0.6 is 0 Å². The Morgan fingerprint density at radius 3 is 2.51 bits per heavy atom. The minimum Gasteiger partial charge on any atom is -0.393 e. The van der Waals surface area contributed by atoms with Gasteiger partial charge in [-0.25, -0.2) is 0 Å². The predicted octanol–water partition coefficient (Wildman–Crippen LogP) is 7.73. The second kappa shape index (κ2) is 9.07. The van der Waals surface area contributed by atoms with Crippen LogP contribution < -0.4 is 0 Å². The molecule has 3 heteroatoms. The first kappa shape index (κ1) is 25.6. The van der Waals surface area contributed by atoms with Crippen LogP contribution in [0.4, 0.5) is 0 Å². The molecule has 6 aliphatic carbocycles. The van der Waals surface area contributed by atoms with Crippen molar-refractivity contribution in [3.8, 4) is 0 Å². The van der Waals surface area contributed by atoms with Gasteiger partial charge in [0.15, 0.2) is 0 Å². The fraction of sp³-hybridized carbons (Fsp3) is 0.941. The third kappa shape index (κ3) is 4.22. The maximum Gasteiger partial charge on any atom is 0.0930 e. The highest BCUT2D eigenvalue weighted by atomic mass is 16.6. The fourth-order valence-corrected chi connectivity index (χ4v) is 12.1. The summed E-state index contributed by atoms with van der Waals surface area (Å²) in [6, 6.07) is 0. The van der Waals surface area contributed by atoms with Crippen molar-refractivity contribution < 1.29 is 14.9 Å². The molecule has 208 valence electrons. The monoisotopic (exact) mass is 510 g/mol. The molecule has 0 aromatic rings. The fourth-order valence-electron chi connectivity index (χ4n) is 12.1. The van der Waals surface area contributed by atoms with Crippen molar-refractivity contribution in [3.05, 3.63) is 12.2 Å². The highest BCUT2D eigenvalue weighted by Gasteiger charge is 2.69. The molecule has 2 N–H and O–H groups in total. The van der Waals surface area contributed by atoms with Gasteiger partial charge in [-0.15, -0.1) is 0 Å². The van der Waals surface area contributed by atoms with Crippen LogP contribution in [0.5, 0.6) is 0 Å². The molecule has 7 fully saturated rings. The molecule has 0 radical (unpaired) electrons. The van der Waals surface area contributed by atoms with Crippen molar-refractivity contribution in [2.75, 3.05) is 0 Å². The lowest BCUT2D eigenvalue weighted by atomic mass is 9.39. The van der Waals surface area contributed by atoms with Gasteiger partial charge in [-0.05, 0) is 132 Å². The summed E-state index contributed by atoms with van der Waals surface area (Å²) in [6.45, 7) is 7.35. The molecule has 1 heterocycles. The summed E-state index contributed by atoms with van der Waals surface area (Å²) in [4.78, 5) is 0. The first-order valence-electron chi connectivity index (χ1n) is 16.5. The second-order valence-electron chi connectivity index (χ2n) is 15.9. The molecule has 7 aliphatic rings. The first-order valence-corrected chi connectivity index (χ1v) is 16.5. The number of ether oxygens (including phenoxy) is 1. The molecule has 10 atom stereocenters. The van der Waals surface area contributed by atoms with E-state index in [1.165, 1.54) is 89.9 Å². The Labute approximate surface area is 226 Å². The molecular formula is C34H54O3. The van der Waals surface area contributed by atoms with E-state index in [-0.39, 0.29) is 17.1 Å². The van der Waals surface area contributed by atoms with Crippen LogP contribution in [0, 0.1) is 40.4 Å². The molecule has 0 bridgehead atoms. The standard InChI is InChI=1S/C34H54O3/c1-23-18-32(16-12-24(19-32)13-17-33(36)14-7-11-27(35)21-33)30-31(2,37-30)20-25-8-6-15-34(22-28(23)29(25)34)26-9-4-3-5-10-26/h24-30,35-36H,1,3-22H2,2H3/t24-,25+,27-,28+,29+,30+,31+,32+,33-,34-/m0/s1. The van der Waals surface area contributed by atoms with Crippen molar-refractivity contribution >= 4 is 0 Å². The van der Waals surface area contributed by atoms with Crippen LogP contribution in [0.25, 0.3) is 0 Å². The van der Waals surface area contributed by atoms with E-state index in [0.717, 1.165) is 55.8 Å². The second-order valence-corrected chi connectivity index (χ2v) is 15.9. The molecule has 3 nitrogen and oxygen atoms in total. The molecule has 7 rings (SSSR count). The summed E-state index contributed by atoms with van der Waals surface area (Å²) >= 11 is 0. The Morgan fingerprint density at radius 2 is 1.70 bits per heavy atom. The van der Waals surface area contributed by atoms with Crippen LogP contribution in [0.1, 0.15) is 135 Å². The zero-order valence-corrected chi connectivity index (χ0v) is 23.7. The number of hydrogen-bond acceptors (Lipinski definition) is 3. The molecule has 0 amide bonds. The number of allylic oxidation sites excluding steroid dienone is 1. The van der Waals surface area contributed by atoms with E-state index in [1.807, 2.05) is 0 Å². The normalized spacial score (nSPS) is 54.0. The maximum absolute atomic E-state index is 11.2. The average molecular weight is 511 g/mol. The summed E-state index contributed by atoms with van der Waals surface area (Å²) in [5.74, 6) is 4.18. The summed E-state index contributed by atoms with van der Waals surface area (Å²) in [5.41, 5.74) is 1.96. The minimum atomic E-state index is -0.635. The van der Waals surface area contributed by atoms with Gasteiger partial charge in [0.05, 0.1) is 23.4 Å². The van der Waals surface area contributed by atoms with Gasteiger partial charge in [-0.1, -0.05) is 44.3 Å². The lowest BCUT2D eigenvalue weighted by molar-refractivity contribution is -0.151. The lowest BCUT2D eigenvalue weighted by Gasteiger charge is -2.66. The van der Waals surface area contributed by atoms with Crippen LogP contribution in [-0.4, -0.2) is 33.6 Å². The minimum absolute atomic E-state index is 0.0889. The Bertz CT molecular complexity index is 893. The molecule has 1 saturated heterocycles. The Hall–Kier alpha value is -0.380. The number of aliphatic hydroxyl groups is 2. The van der Waals surface area contributed by atoms with Gasteiger partial charge in [0, 0.05) is 11.8 Å². The van der Waals surface area contributed by atoms with Gasteiger partial charge in [0.1, 0.15) is 0 Å². The molecule has 0 unspecified atom stereocenters. The average Bonchev–Trinajstić information content (AvgIpc) is 3.34. The number of fused-ring (bicyclic) bond motifs is 2. The lowest BCUT2D eigenvalue weighted by Crippen LogP contribution is -2.58. The number of rotatable bonds is 4. The molecule has 1 spiro atoms. The molecule has 0 aromatic carbocycles. The largest absolute Gasteiger partial charge is 0.393 e. The van der Waals surface area contributed by atoms with E-state index >= 15 is 0 Å². The van der Waals surface area contributed by atoms with E-state index in [1.54, 1.807) is 5.57 Å². The van der Waals surface area contributed by atoms with E-state index in [2.05, 4.69) is 6.92 Å². The van der Waals surface area contributed by atoms with Gasteiger partial charge in [0.25, 0.3) is 0 Å². The Balaban J connectivity index is 1.08. The van der Waals surface area contributed by atoms with E-state index in [0.29, 0.717) is 23.9 Å². The number of hydrogen-bond donors (Lipinski definition) is 2. The number of epoxide rings is 1. The van der Waals surface area contributed by atoms with Crippen LogP contribution in [0.2, 0.25) is 0 Å². The van der Waals surface area contributed by atoms with Crippen LogP contribution in [0.3, 0.4) is 0 Å². The SMILES string of the molecule is C=C1C[C@@]2(CC[C@@H](CC[C@@]3(O)CCC[C@H](O)C3)C2)[C@@H]2O[C@]2(C)C[C@H]2CCC[C@@]3(C4CCCCC4)C[C@H]1[C@@H]23. The van der Waals surface area contributed by atoms with Gasteiger partial charge < -0.3 is 14.9 Å². The summed E-state index contributed by atoms with van der Waals surface area (Å²) in [5, 5.41) is 21.3.